The lowest BCUT2D eigenvalue weighted by Crippen LogP contribution is -1.92. The largest absolute Gasteiger partial charge is 0.456 e. The zero-order chi connectivity index (χ0) is 41.9. The molecule has 0 unspecified atom stereocenters. The number of hydrogen-bond acceptors (Lipinski definition) is 1. The van der Waals surface area contributed by atoms with Crippen LogP contribution in [-0.4, -0.2) is 0 Å². The molecule has 228 valence electrons. The van der Waals surface area contributed by atoms with Crippen LogP contribution < -0.4 is 0 Å². The highest BCUT2D eigenvalue weighted by Crippen LogP contribution is 2.47. The van der Waals surface area contributed by atoms with Crippen LogP contribution in [-0.2, 0) is 0 Å². The van der Waals surface area contributed by atoms with Crippen molar-refractivity contribution in [3.63, 3.8) is 0 Å². The summed E-state index contributed by atoms with van der Waals surface area (Å²) < 4.78 is 103. The molecule has 0 aliphatic rings. The maximum absolute atomic E-state index is 9.58. The normalized spacial score (nSPS) is 14.8. The van der Waals surface area contributed by atoms with Gasteiger partial charge in [-0.3, -0.25) is 0 Å². The van der Waals surface area contributed by atoms with Gasteiger partial charge >= 0.3 is 0 Å². The summed E-state index contributed by atoms with van der Waals surface area (Å²) in [6, 6.07) is 32.6. The molecule has 0 fully saturated rings. The standard InChI is InChI=1S/C48H30O/c1-3-14-31(15-4-1)35-24-13-25-44-48(35)43-27-26-33(30-45(43)49-44)34-28-29-42(37-19-8-7-18-36(34)37)47-40-22-11-9-20-38(40)46(32-16-5-2-6-17-32)39-21-10-12-23-41(39)47/h1-30H/i1D,3D,4D,13D,14D,15D,24D,25D,26D,27D,30D. The predicted molar refractivity (Wildman–Crippen MR) is 208 cm³/mol. The van der Waals surface area contributed by atoms with E-state index in [1.165, 1.54) is 0 Å². The van der Waals surface area contributed by atoms with Gasteiger partial charge in [0.1, 0.15) is 11.2 Å². The Morgan fingerprint density at radius 3 is 1.63 bits per heavy atom. The smallest absolute Gasteiger partial charge is 0.136 e. The third kappa shape index (κ3) is 4.33. The molecule has 0 aliphatic carbocycles. The van der Waals surface area contributed by atoms with E-state index in [0.717, 1.165) is 54.6 Å². The van der Waals surface area contributed by atoms with Crippen LogP contribution in [0.3, 0.4) is 0 Å². The molecule has 0 saturated heterocycles. The fraction of sp³-hybridized carbons (Fsp3) is 0. The van der Waals surface area contributed by atoms with E-state index in [-0.39, 0.29) is 45.2 Å². The zero-order valence-electron chi connectivity index (χ0n) is 36.9. The third-order valence-electron chi connectivity index (χ3n) is 9.28. The molecule has 1 heterocycles. The molecule has 1 nitrogen and oxygen atoms in total. The average Bonchev–Trinajstić information content (AvgIpc) is 3.68. The first-order chi connectivity index (χ1) is 28.9. The minimum atomic E-state index is -0.660. The minimum Gasteiger partial charge on any atom is -0.456 e. The Bertz CT molecular complexity index is 3420. The Kier molecular flexibility index (Phi) is 4.25. The van der Waals surface area contributed by atoms with E-state index in [9.17, 15) is 4.11 Å². The molecule has 10 rings (SSSR count). The van der Waals surface area contributed by atoms with Gasteiger partial charge < -0.3 is 4.42 Å². The Hall–Kier alpha value is -6.44. The van der Waals surface area contributed by atoms with E-state index in [1.807, 2.05) is 78.9 Å². The Morgan fingerprint density at radius 1 is 0.347 bits per heavy atom. The molecule has 0 spiro atoms. The van der Waals surface area contributed by atoms with Gasteiger partial charge in [0.2, 0.25) is 0 Å². The van der Waals surface area contributed by atoms with Crippen molar-refractivity contribution in [1.29, 1.82) is 0 Å². The molecule has 1 aromatic heterocycles. The van der Waals surface area contributed by atoms with Crippen LogP contribution in [0.4, 0.5) is 0 Å². The number of benzene rings is 9. The van der Waals surface area contributed by atoms with Crippen LogP contribution in [0.25, 0.3) is 98.8 Å². The minimum absolute atomic E-state index is 0.0940. The van der Waals surface area contributed by atoms with E-state index in [1.54, 1.807) is 0 Å². The second kappa shape index (κ2) is 11.1. The van der Waals surface area contributed by atoms with E-state index >= 15 is 0 Å². The first-order valence-electron chi connectivity index (χ1n) is 21.5. The van der Waals surface area contributed by atoms with Gasteiger partial charge in [0.05, 0.1) is 15.1 Å². The summed E-state index contributed by atoms with van der Waals surface area (Å²) >= 11 is 0. The summed E-state index contributed by atoms with van der Waals surface area (Å²) in [5, 5.41) is 5.59. The van der Waals surface area contributed by atoms with Gasteiger partial charge in [0.25, 0.3) is 0 Å². The van der Waals surface area contributed by atoms with E-state index in [0.29, 0.717) is 5.56 Å². The van der Waals surface area contributed by atoms with E-state index in [4.69, 9.17) is 15.4 Å². The topological polar surface area (TPSA) is 13.1 Å². The van der Waals surface area contributed by atoms with Gasteiger partial charge in [0, 0.05) is 10.8 Å². The fourth-order valence-corrected chi connectivity index (χ4v) is 7.21. The summed E-state index contributed by atoms with van der Waals surface area (Å²) in [6.07, 6.45) is 0. The maximum Gasteiger partial charge on any atom is 0.136 e. The lowest BCUT2D eigenvalue weighted by molar-refractivity contribution is 0.669. The molecule has 0 N–H and O–H groups in total. The number of fused-ring (bicyclic) bond motifs is 6. The zero-order valence-corrected chi connectivity index (χ0v) is 25.9. The lowest BCUT2D eigenvalue weighted by atomic mass is 9.84. The predicted octanol–water partition coefficient (Wildman–Crippen LogP) is 13.7. The lowest BCUT2D eigenvalue weighted by Gasteiger charge is -2.19. The number of furan rings is 1. The van der Waals surface area contributed by atoms with Crippen LogP contribution in [0.15, 0.2) is 186 Å². The summed E-state index contributed by atoms with van der Waals surface area (Å²) in [5.41, 5.74) is 3.61. The Morgan fingerprint density at radius 2 is 0.939 bits per heavy atom. The molecular formula is C48H30O. The molecular weight excluding hydrogens is 593 g/mol. The molecule has 0 radical (unpaired) electrons. The second-order valence-electron chi connectivity index (χ2n) is 11.9. The molecule has 9 aromatic carbocycles. The summed E-state index contributed by atoms with van der Waals surface area (Å²) in [6.45, 7) is 0. The quantitative estimate of drug-likeness (QED) is 0.176. The van der Waals surface area contributed by atoms with Gasteiger partial charge in [-0.15, -0.1) is 0 Å². The molecule has 1 heteroatoms. The van der Waals surface area contributed by atoms with Gasteiger partial charge in [-0.2, -0.15) is 0 Å². The first-order valence-corrected chi connectivity index (χ1v) is 16.0. The van der Waals surface area contributed by atoms with Crippen molar-refractivity contribution in [2.75, 3.05) is 0 Å². The van der Waals surface area contributed by atoms with Crippen molar-refractivity contribution in [3.05, 3.63) is 182 Å². The highest BCUT2D eigenvalue weighted by Gasteiger charge is 2.19. The number of hydrogen-bond donors (Lipinski definition) is 0. The maximum atomic E-state index is 9.58. The molecule has 0 saturated carbocycles. The van der Waals surface area contributed by atoms with Crippen molar-refractivity contribution in [1.82, 2.24) is 0 Å². The summed E-state index contributed by atoms with van der Waals surface area (Å²) in [4.78, 5) is 0. The Labute approximate surface area is 299 Å². The van der Waals surface area contributed by atoms with Crippen LogP contribution in [0, 0.1) is 0 Å². The molecule has 0 aliphatic heterocycles. The molecule has 0 bridgehead atoms. The molecule has 0 amide bonds. The SMILES string of the molecule is [2H]c1c([2H])c([2H])c(-c2c([2H])c([2H])c([2H])c3oc4c([2H])c(-c5ccc(-c6c7ccccc7c(-c7ccccc7)c7ccccc67)c6ccccc56)c([2H])c([2H])c4c23)c([2H])c1[2H]. The molecule has 49 heavy (non-hydrogen) atoms. The van der Waals surface area contributed by atoms with Crippen molar-refractivity contribution < 1.29 is 19.5 Å². The van der Waals surface area contributed by atoms with Crippen molar-refractivity contribution in [2.24, 2.45) is 0 Å². The highest BCUT2D eigenvalue weighted by molar-refractivity contribution is 6.24. The fourth-order valence-electron chi connectivity index (χ4n) is 7.21. The van der Waals surface area contributed by atoms with Crippen molar-refractivity contribution in [3.8, 4) is 44.5 Å². The summed E-state index contributed by atoms with van der Waals surface area (Å²) in [7, 11) is 0. The van der Waals surface area contributed by atoms with Gasteiger partial charge in [0.15, 0.2) is 0 Å². The first kappa shape index (κ1) is 18.8. The third-order valence-corrected chi connectivity index (χ3v) is 9.28. The van der Waals surface area contributed by atoms with Gasteiger partial charge in [-0.1, -0.05) is 164 Å². The summed E-state index contributed by atoms with van der Waals surface area (Å²) in [5.74, 6) is 0. The van der Waals surface area contributed by atoms with E-state index < -0.39 is 59.9 Å². The van der Waals surface area contributed by atoms with Crippen LogP contribution in [0.1, 0.15) is 15.1 Å². The number of rotatable bonds is 4. The van der Waals surface area contributed by atoms with Crippen LogP contribution >= 0.6 is 0 Å². The second-order valence-corrected chi connectivity index (χ2v) is 11.9. The van der Waals surface area contributed by atoms with Gasteiger partial charge in [-0.05, 0) is 95.0 Å². The van der Waals surface area contributed by atoms with E-state index in [2.05, 4.69) is 36.4 Å². The van der Waals surface area contributed by atoms with Gasteiger partial charge in [-0.25, -0.2) is 0 Å². The van der Waals surface area contributed by atoms with Crippen LogP contribution in [0.5, 0.6) is 0 Å². The molecule has 0 atom stereocenters. The highest BCUT2D eigenvalue weighted by atomic mass is 16.3. The monoisotopic (exact) mass is 633 g/mol. The molecule has 10 aromatic rings. The Balaban J connectivity index is 1.27. The van der Waals surface area contributed by atoms with Crippen molar-refractivity contribution in [2.45, 2.75) is 0 Å². The van der Waals surface area contributed by atoms with Crippen molar-refractivity contribution >= 4 is 54.3 Å². The van der Waals surface area contributed by atoms with Crippen LogP contribution in [0.2, 0.25) is 0 Å². The average molecular weight is 634 g/mol.